The standard InChI is InChI=1S/C25H31N7O/c1-16(27-2)14-31(3)23-13-24(33-5)21(12-19(23)26)30-25-28-11-10-20(29-25)18-15-32(4)22-9-7-6-8-17(18)22/h6-13,15-16,27H,14,26H2,1-5H3,(H,28,29,30)/i2D3,6D,7D,8D,9D. The predicted molar refractivity (Wildman–Crippen MR) is 136 cm³/mol. The number of anilines is 4. The zero-order valence-electron chi connectivity index (χ0n) is 25.9. The SMILES string of the molecule is [2H]c1c([2H])c([2H])c2c(c(-c3ccnc(Nc4cc(N)c(N(C)CC(C)NC([2H])([2H])[2H])cc4OC)n3)cn2C)c1[2H]. The second-order valence-corrected chi connectivity index (χ2v) is 7.80. The van der Waals surface area contributed by atoms with Crippen molar-refractivity contribution < 1.29 is 14.3 Å². The quantitative estimate of drug-likeness (QED) is 0.348. The Morgan fingerprint density at radius 2 is 2.15 bits per heavy atom. The number of rotatable bonds is 8. The molecule has 0 saturated heterocycles. The van der Waals surface area contributed by atoms with Gasteiger partial charge in [-0.15, -0.1) is 0 Å². The maximum atomic E-state index is 8.45. The summed E-state index contributed by atoms with van der Waals surface area (Å²) in [6, 6.07) is 3.88. The third-order valence-electron chi connectivity index (χ3n) is 5.34. The van der Waals surface area contributed by atoms with E-state index in [1.165, 1.54) is 7.11 Å². The van der Waals surface area contributed by atoms with Crippen LogP contribution < -0.4 is 26.0 Å². The van der Waals surface area contributed by atoms with Crippen LogP contribution in [0.4, 0.5) is 23.0 Å². The van der Waals surface area contributed by atoms with Crippen molar-refractivity contribution in [1.29, 1.82) is 0 Å². The number of fused-ring (bicyclic) bond motifs is 1. The average molecular weight is 453 g/mol. The van der Waals surface area contributed by atoms with E-state index in [2.05, 4.69) is 20.6 Å². The van der Waals surface area contributed by atoms with E-state index < -0.39 is 6.98 Å². The van der Waals surface area contributed by atoms with Gasteiger partial charge in [0, 0.05) is 65.7 Å². The fourth-order valence-corrected chi connectivity index (χ4v) is 3.71. The second-order valence-electron chi connectivity index (χ2n) is 7.80. The number of nitrogens with one attached hydrogen (secondary N) is 2. The van der Waals surface area contributed by atoms with E-state index in [4.69, 9.17) is 20.1 Å². The Morgan fingerprint density at radius 3 is 2.94 bits per heavy atom. The minimum atomic E-state index is -2.25. The van der Waals surface area contributed by atoms with E-state index in [0.29, 0.717) is 51.5 Å². The van der Waals surface area contributed by atoms with Gasteiger partial charge in [-0.1, -0.05) is 18.1 Å². The smallest absolute Gasteiger partial charge is 0.227 e. The van der Waals surface area contributed by atoms with E-state index in [1.54, 1.807) is 49.1 Å². The highest BCUT2D eigenvalue weighted by atomic mass is 16.5. The van der Waals surface area contributed by atoms with E-state index in [9.17, 15) is 0 Å². The number of likely N-dealkylation sites (N-methyl/N-ethyl adjacent to an activating group) is 2. The van der Waals surface area contributed by atoms with Crippen molar-refractivity contribution in [2.24, 2.45) is 7.05 Å². The molecule has 1 atom stereocenters. The first-order chi connectivity index (χ1) is 18.7. The summed E-state index contributed by atoms with van der Waals surface area (Å²) < 4.78 is 62.3. The summed E-state index contributed by atoms with van der Waals surface area (Å²) in [7, 11) is 5.04. The topological polar surface area (TPSA) is 93.3 Å². The summed E-state index contributed by atoms with van der Waals surface area (Å²) in [6.07, 6.45) is 3.27. The first-order valence-corrected chi connectivity index (χ1v) is 10.3. The van der Waals surface area contributed by atoms with Crippen LogP contribution in [-0.4, -0.2) is 48.3 Å². The normalized spacial score (nSPS) is 15.5. The van der Waals surface area contributed by atoms with Crippen LogP contribution in [0.5, 0.6) is 5.75 Å². The van der Waals surface area contributed by atoms with Crippen molar-refractivity contribution in [1.82, 2.24) is 19.9 Å². The third kappa shape index (κ3) is 4.56. The number of aromatic nitrogens is 3. The molecule has 2 heterocycles. The van der Waals surface area contributed by atoms with Crippen molar-refractivity contribution in [2.45, 2.75) is 13.0 Å². The van der Waals surface area contributed by atoms with Crippen LogP contribution in [0.25, 0.3) is 22.2 Å². The van der Waals surface area contributed by atoms with Gasteiger partial charge in [0.05, 0.1) is 35.3 Å². The lowest BCUT2D eigenvalue weighted by atomic mass is 10.1. The van der Waals surface area contributed by atoms with Crippen LogP contribution in [0.15, 0.2) is 54.8 Å². The van der Waals surface area contributed by atoms with Crippen molar-refractivity contribution in [2.75, 3.05) is 43.6 Å². The van der Waals surface area contributed by atoms with Gasteiger partial charge in [0.1, 0.15) is 5.75 Å². The van der Waals surface area contributed by atoms with Gasteiger partial charge in [0.2, 0.25) is 5.95 Å². The van der Waals surface area contributed by atoms with E-state index in [-0.39, 0.29) is 36.2 Å². The summed E-state index contributed by atoms with van der Waals surface area (Å²) >= 11 is 0. The molecule has 1 unspecified atom stereocenters. The summed E-state index contributed by atoms with van der Waals surface area (Å²) in [5.41, 5.74) is 9.33. The molecule has 0 aliphatic heterocycles. The molecule has 2 aromatic carbocycles. The van der Waals surface area contributed by atoms with Gasteiger partial charge in [-0.2, -0.15) is 0 Å². The van der Waals surface area contributed by atoms with E-state index in [0.717, 1.165) is 0 Å². The number of ether oxygens (including phenoxy) is 1. The molecule has 8 heteroatoms. The number of nitrogen functional groups attached to an aromatic ring is 1. The van der Waals surface area contributed by atoms with Crippen LogP contribution in [0, 0.1) is 0 Å². The van der Waals surface area contributed by atoms with Crippen molar-refractivity contribution in [3.8, 4) is 17.0 Å². The Kier molecular flexibility index (Phi) is 4.30. The molecule has 0 spiro atoms. The Balaban J connectivity index is 1.66. The molecule has 4 aromatic rings. The van der Waals surface area contributed by atoms with Crippen LogP contribution in [0.3, 0.4) is 0 Å². The number of aryl methyl sites for hydroxylation is 1. The zero-order chi connectivity index (χ0) is 29.5. The monoisotopic (exact) mass is 452 g/mol. The number of hydrogen-bond donors (Lipinski definition) is 3. The predicted octanol–water partition coefficient (Wildman–Crippen LogP) is 4.01. The van der Waals surface area contributed by atoms with Gasteiger partial charge in [0.15, 0.2) is 0 Å². The fourth-order valence-electron chi connectivity index (χ4n) is 3.71. The van der Waals surface area contributed by atoms with Crippen LogP contribution in [0.2, 0.25) is 0 Å². The number of hydrogen-bond acceptors (Lipinski definition) is 7. The van der Waals surface area contributed by atoms with Crippen LogP contribution in [-0.2, 0) is 7.05 Å². The summed E-state index contributed by atoms with van der Waals surface area (Å²) in [4.78, 5) is 10.7. The van der Waals surface area contributed by atoms with Crippen LogP contribution >= 0.6 is 0 Å². The molecule has 0 aliphatic rings. The highest BCUT2D eigenvalue weighted by molar-refractivity contribution is 5.95. The molecular weight excluding hydrogens is 414 g/mol. The molecule has 0 amide bonds. The minimum absolute atomic E-state index is 0.119. The Bertz CT molecular complexity index is 1570. The highest BCUT2D eigenvalue weighted by Gasteiger charge is 2.15. The van der Waals surface area contributed by atoms with Gasteiger partial charge in [-0.05, 0) is 32.1 Å². The van der Waals surface area contributed by atoms with E-state index in [1.807, 2.05) is 11.9 Å². The number of nitrogens with zero attached hydrogens (tertiary/aromatic N) is 4. The van der Waals surface area contributed by atoms with Crippen molar-refractivity contribution in [3.05, 3.63) is 54.8 Å². The molecule has 2 aromatic heterocycles. The van der Waals surface area contributed by atoms with Gasteiger partial charge < -0.3 is 30.6 Å². The first-order valence-electron chi connectivity index (χ1n) is 13.8. The van der Waals surface area contributed by atoms with Gasteiger partial charge in [-0.3, -0.25) is 0 Å². The molecule has 172 valence electrons. The molecule has 0 bridgehead atoms. The first kappa shape index (κ1) is 15.1. The van der Waals surface area contributed by atoms with Gasteiger partial charge in [-0.25, -0.2) is 9.97 Å². The second kappa shape index (κ2) is 9.38. The summed E-state index contributed by atoms with van der Waals surface area (Å²) in [6.45, 7) is -0.0934. The van der Waals surface area contributed by atoms with Gasteiger partial charge >= 0.3 is 0 Å². The maximum Gasteiger partial charge on any atom is 0.227 e. The van der Waals surface area contributed by atoms with Crippen molar-refractivity contribution in [3.63, 3.8) is 0 Å². The summed E-state index contributed by atoms with van der Waals surface area (Å²) in [5, 5.41) is 6.06. The Morgan fingerprint density at radius 1 is 1.33 bits per heavy atom. The maximum absolute atomic E-state index is 8.45. The Labute approximate surface area is 204 Å². The highest BCUT2D eigenvalue weighted by Crippen LogP contribution is 2.36. The van der Waals surface area contributed by atoms with Gasteiger partial charge in [0.25, 0.3) is 0 Å². The largest absolute Gasteiger partial charge is 0.494 e. The lowest BCUT2D eigenvalue weighted by molar-refractivity contribution is 0.417. The molecule has 8 nitrogen and oxygen atoms in total. The molecule has 4 N–H and O–H groups in total. The number of nitrogens with two attached hydrogens (primary N) is 1. The molecule has 0 radical (unpaired) electrons. The molecule has 0 saturated carbocycles. The lowest BCUT2D eigenvalue weighted by Gasteiger charge is -2.25. The Hall–Kier alpha value is -3.78. The number of para-hydroxylation sites is 1. The molecule has 0 aliphatic carbocycles. The minimum Gasteiger partial charge on any atom is -0.494 e. The molecule has 33 heavy (non-hydrogen) atoms. The fraction of sp³-hybridized carbons (Fsp3) is 0.280. The average Bonchev–Trinajstić information content (AvgIpc) is 3.22. The molecule has 4 rings (SSSR count). The number of benzene rings is 2. The van der Waals surface area contributed by atoms with Crippen molar-refractivity contribution >= 4 is 33.9 Å². The zero-order valence-corrected chi connectivity index (χ0v) is 18.9. The third-order valence-corrected chi connectivity index (χ3v) is 5.34. The summed E-state index contributed by atoms with van der Waals surface area (Å²) in [5.74, 6) is 0.686. The van der Waals surface area contributed by atoms with E-state index >= 15 is 0 Å². The molecule has 0 fully saturated rings. The molecular formula is C25H31N7O. The lowest BCUT2D eigenvalue weighted by Crippen LogP contribution is -2.35. The van der Waals surface area contributed by atoms with Crippen LogP contribution in [0.1, 0.15) is 16.5 Å². The number of methoxy groups -OCH3 is 1.